The normalized spacial score (nSPS) is 21.9. The molecule has 0 spiro atoms. The number of carbonyl (C=O) groups is 8. The van der Waals surface area contributed by atoms with Crippen molar-refractivity contribution < 1.29 is 48.6 Å². The number of hydrogen-bond acceptors (Lipinski definition) is 11. The van der Waals surface area contributed by atoms with E-state index in [0.29, 0.717) is 6.42 Å². The zero-order valence-electron chi connectivity index (χ0n) is 30.7. The highest BCUT2D eigenvalue weighted by atomic mass is 16.4. The molecule has 2 rings (SSSR count). The molecule has 2 aliphatic rings. The number of nitrogens with one attached hydrogen (secondary N) is 4. The number of amides is 7. The van der Waals surface area contributed by atoms with Crippen LogP contribution in [0.2, 0.25) is 0 Å². The zero-order chi connectivity index (χ0) is 40.3. The van der Waals surface area contributed by atoms with E-state index < -0.39 is 114 Å². The molecular formula is C32H55N11O10. The van der Waals surface area contributed by atoms with Crippen molar-refractivity contribution in [3.63, 3.8) is 0 Å². The van der Waals surface area contributed by atoms with Gasteiger partial charge in [0.05, 0.1) is 18.2 Å². The van der Waals surface area contributed by atoms with E-state index in [1.807, 2.05) is 0 Å². The minimum Gasteiger partial charge on any atom is -0.481 e. The molecule has 0 bridgehead atoms. The fraction of sp³-hybridized carbons (Fsp3) is 0.719. The number of aliphatic hydroxyl groups is 1. The maximum absolute atomic E-state index is 13.6. The number of aliphatic imine (C=N–C) groups is 1. The Labute approximate surface area is 307 Å². The second kappa shape index (κ2) is 19.7. The van der Waals surface area contributed by atoms with Crippen molar-refractivity contribution >= 4 is 53.3 Å². The minimum atomic E-state index is -1.47. The monoisotopic (exact) mass is 753 g/mol. The van der Waals surface area contributed by atoms with E-state index in [2.05, 4.69) is 26.3 Å². The first-order valence-corrected chi connectivity index (χ1v) is 17.5. The number of guanidine groups is 1. The van der Waals surface area contributed by atoms with Gasteiger partial charge in [0.1, 0.15) is 30.2 Å². The van der Waals surface area contributed by atoms with Crippen LogP contribution in [-0.4, -0.2) is 141 Å². The molecule has 0 aromatic rings. The van der Waals surface area contributed by atoms with Crippen LogP contribution in [0.3, 0.4) is 0 Å². The van der Waals surface area contributed by atoms with Gasteiger partial charge in [-0.2, -0.15) is 0 Å². The summed E-state index contributed by atoms with van der Waals surface area (Å²) in [7, 11) is 0. The first kappa shape index (κ1) is 44.1. The van der Waals surface area contributed by atoms with Gasteiger partial charge in [-0.05, 0) is 52.4 Å². The fourth-order valence-electron chi connectivity index (χ4n) is 6.30. The van der Waals surface area contributed by atoms with Gasteiger partial charge in [0, 0.05) is 32.0 Å². The van der Waals surface area contributed by atoms with Gasteiger partial charge in [-0.1, -0.05) is 13.8 Å². The van der Waals surface area contributed by atoms with Crippen molar-refractivity contribution in [2.45, 2.75) is 128 Å². The highest BCUT2D eigenvalue weighted by molar-refractivity contribution is 5.97. The molecule has 9 atom stereocenters. The Morgan fingerprint density at radius 1 is 0.925 bits per heavy atom. The summed E-state index contributed by atoms with van der Waals surface area (Å²) in [6.07, 6.45) is -1.68. The lowest BCUT2D eigenvalue weighted by Crippen LogP contribution is -2.61. The number of nitrogens with zero attached hydrogens (tertiary/aromatic N) is 3. The molecule has 21 nitrogen and oxygen atoms in total. The lowest BCUT2D eigenvalue weighted by atomic mass is 10.0. The van der Waals surface area contributed by atoms with E-state index in [4.69, 9.17) is 22.9 Å². The van der Waals surface area contributed by atoms with Crippen molar-refractivity contribution in [3.8, 4) is 0 Å². The Morgan fingerprint density at radius 2 is 1.57 bits per heavy atom. The molecule has 2 aliphatic heterocycles. The molecule has 0 radical (unpaired) electrons. The Bertz CT molecular complexity index is 1420. The second-order valence-corrected chi connectivity index (χ2v) is 13.9. The fourth-order valence-corrected chi connectivity index (χ4v) is 6.30. The van der Waals surface area contributed by atoms with E-state index in [-0.39, 0.29) is 44.7 Å². The molecule has 0 aliphatic carbocycles. The topological polar surface area (TPSA) is 348 Å². The summed E-state index contributed by atoms with van der Waals surface area (Å²) >= 11 is 0. The number of aliphatic hydroxyl groups excluding tert-OH is 1. The third kappa shape index (κ3) is 12.5. The number of primary amides is 1. The standard InChI is InChI=1S/C32H55N11O10/c1-14(2)24(29(51)39-20(8-9-23(46)47)28(50)40-21-11-15(3)43(31(21)53)16(4)26(34)48)41-30(52)25(17(5)44)42-13-18(12-22(42)45)38-27(49)19(33)7-6-10-37-32(35)36/h14-21,24-25,44H,6-13,33H2,1-5H3,(H2,34,48)(H,38,49)(H,39,51)(H,40,50)(H,41,52)(H,46,47)(H4,35,36,37)/t15?,16-,17-,18+,19-,20-,21-,24-,25-/m1/s1. The van der Waals surface area contributed by atoms with Crippen molar-refractivity contribution in [2.24, 2.45) is 33.8 Å². The highest BCUT2D eigenvalue weighted by Crippen LogP contribution is 2.22. The van der Waals surface area contributed by atoms with Crippen LogP contribution in [0, 0.1) is 5.92 Å². The van der Waals surface area contributed by atoms with E-state index in [1.165, 1.54) is 18.7 Å². The van der Waals surface area contributed by atoms with Gasteiger partial charge in [0.15, 0.2) is 5.96 Å². The molecule has 298 valence electrons. The van der Waals surface area contributed by atoms with Gasteiger partial charge >= 0.3 is 5.97 Å². The lowest BCUT2D eigenvalue weighted by Gasteiger charge is -2.32. The van der Waals surface area contributed by atoms with Crippen molar-refractivity contribution in [2.75, 3.05) is 13.1 Å². The molecule has 2 fully saturated rings. The summed E-state index contributed by atoms with van der Waals surface area (Å²) in [4.78, 5) is 109. The first-order valence-electron chi connectivity index (χ1n) is 17.5. The molecule has 14 N–H and O–H groups in total. The largest absolute Gasteiger partial charge is 0.481 e. The van der Waals surface area contributed by atoms with E-state index in [0.717, 1.165) is 4.90 Å². The summed E-state index contributed by atoms with van der Waals surface area (Å²) < 4.78 is 0. The summed E-state index contributed by atoms with van der Waals surface area (Å²) in [5, 5.41) is 30.1. The number of rotatable bonds is 20. The van der Waals surface area contributed by atoms with Crippen LogP contribution in [0.4, 0.5) is 0 Å². The molecule has 0 aromatic heterocycles. The van der Waals surface area contributed by atoms with E-state index >= 15 is 0 Å². The highest BCUT2D eigenvalue weighted by Gasteiger charge is 2.44. The van der Waals surface area contributed by atoms with Gasteiger partial charge in [0.2, 0.25) is 41.4 Å². The van der Waals surface area contributed by atoms with E-state index in [1.54, 1.807) is 20.8 Å². The average Bonchev–Trinajstić information content (AvgIpc) is 3.54. The molecule has 1 unspecified atom stereocenters. The number of likely N-dealkylation sites (tertiary alicyclic amines) is 2. The van der Waals surface area contributed by atoms with E-state index in [9.17, 15) is 48.6 Å². The average molecular weight is 754 g/mol. The molecule has 2 saturated heterocycles. The summed E-state index contributed by atoms with van der Waals surface area (Å²) in [5.74, 6) is -6.97. The van der Waals surface area contributed by atoms with Crippen LogP contribution in [0.5, 0.6) is 0 Å². The smallest absolute Gasteiger partial charge is 0.303 e. The molecule has 2 heterocycles. The molecule has 21 heteroatoms. The third-order valence-electron chi connectivity index (χ3n) is 9.15. The van der Waals surface area contributed by atoms with Crippen LogP contribution >= 0.6 is 0 Å². The van der Waals surface area contributed by atoms with Gasteiger partial charge in [-0.15, -0.1) is 0 Å². The Kier molecular flexibility index (Phi) is 16.4. The number of carbonyl (C=O) groups excluding carboxylic acids is 7. The van der Waals surface area contributed by atoms with Gasteiger partial charge < -0.3 is 64.2 Å². The van der Waals surface area contributed by atoms with Gasteiger partial charge in [-0.25, -0.2) is 0 Å². The SMILES string of the molecule is CC(C)[C@@H](NC(=O)[C@@H]([C@@H](C)O)N1C[C@@H](NC(=O)[C@H](N)CCCN=C(N)N)CC1=O)C(=O)N[C@H](CCC(=O)O)C(=O)N[C@@H]1CC(C)N([C@H](C)C(N)=O)C1=O. The number of aliphatic carboxylic acids is 1. The zero-order valence-corrected chi connectivity index (χ0v) is 30.7. The maximum atomic E-state index is 13.6. The van der Waals surface area contributed by atoms with Gasteiger partial charge in [0.25, 0.3) is 0 Å². The first-order chi connectivity index (χ1) is 24.7. The Morgan fingerprint density at radius 3 is 2.11 bits per heavy atom. The van der Waals surface area contributed by atoms with Crippen LogP contribution in [0.1, 0.15) is 73.1 Å². The predicted molar refractivity (Wildman–Crippen MR) is 189 cm³/mol. The molecule has 7 amide bonds. The molecule has 0 aromatic carbocycles. The maximum Gasteiger partial charge on any atom is 0.303 e. The minimum absolute atomic E-state index is 0.0910. The number of carboxylic acid groups (broad SMARTS) is 1. The summed E-state index contributed by atoms with van der Waals surface area (Å²) in [5.41, 5.74) is 21.9. The van der Waals surface area contributed by atoms with Crippen molar-refractivity contribution in [1.29, 1.82) is 0 Å². The van der Waals surface area contributed by atoms with Crippen LogP contribution in [0.25, 0.3) is 0 Å². The number of hydrogen-bond donors (Lipinski definition) is 10. The van der Waals surface area contributed by atoms with Crippen molar-refractivity contribution in [3.05, 3.63) is 0 Å². The molecular weight excluding hydrogens is 698 g/mol. The number of nitrogens with two attached hydrogens (primary N) is 4. The molecule has 53 heavy (non-hydrogen) atoms. The third-order valence-corrected chi connectivity index (χ3v) is 9.15. The summed E-state index contributed by atoms with van der Waals surface area (Å²) in [6.45, 7) is 7.72. The van der Waals surface area contributed by atoms with Gasteiger partial charge in [-0.3, -0.25) is 43.3 Å². The Balaban J connectivity index is 2.15. The van der Waals surface area contributed by atoms with Crippen molar-refractivity contribution in [1.82, 2.24) is 31.1 Å². The van der Waals surface area contributed by atoms with Crippen LogP contribution < -0.4 is 44.2 Å². The summed E-state index contributed by atoms with van der Waals surface area (Å²) in [6, 6.07) is -8.37. The predicted octanol–water partition coefficient (Wildman–Crippen LogP) is -4.70. The molecule has 0 saturated carbocycles. The lowest BCUT2D eigenvalue weighted by molar-refractivity contribution is -0.143. The van der Waals surface area contributed by atoms with Crippen LogP contribution in [0.15, 0.2) is 4.99 Å². The quantitative estimate of drug-likeness (QED) is 0.0318. The number of carboxylic acids is 1. The Hall–Kier alpha value is -5.05. The van der Waals surface area contributed by atoms with Crippen LogP contribution in [-0.2, 0) is 38.4 Å². The second-order valence-electron chi connectivity index (χ2n) is 13.9.